The molecule has 0 bridgehead atoms. The highest BCUT2D eigenvalue weighted by Crippen LogP contribution is 2.49. The summed E-state index contributed by atoms with van der Waals surface area (Å²) in [4.78, 5) is 12.1. The molecule has 0 aromatic heterocycles. The van der Waals surface area contributed by atoms with Crippen molar-refractivity contribution < 1.29 is 18.8 Å². The summed E-state index contributed by atoms with van der Waals surface area (Å²) in [6, 6.07) is 14.0. The van der Waals surface area contributed by atoms with Crippen molar-refractivity contribution >= 4 is 30.2 Å². The number of halogens is 1. The summed E-state index contributed by atoms with van der Waals surface area (Å²) in [6.45, 7) is 8.10. The maximum atomic E-state index is 12.1. The van der Waals surface area contributed by atoms with Gasteiger partial charge >= 0.3 is 13.1 Å². The fraction of sp³-hybridized carbons (Fsp3) is 0.435. The first-order valence-electron chi connectivity index (χ1n) is 9.94. The van der Waals surface area contributed by atoms with E-state index < -0.39 is 23.7 Å². The summed E-state index contributed by atoms with van der Waals surface area (Å²) < 4.78 is 17.2. The number of ether oxygens (including phenoxy) is 1. The molecule has 2 aliphatic rings. The van der Waals surface area contributed by atoms with Gasteiger partial charge in [-0.15, -0.1) is 0 Å². The number of rotatable bonds is 4. The Kier molecular flexibility index (Phi) is 4.84. The van der Waals surface area contributed by atoms with Crippen molar-refractivity contribution in [2.24, 2.45) is 0 Å². The number of methoxy groups -OCH3 is 1. The Morgan fingerprint density at radius 2 is 1.52 bits per heavy atom. The molecule has 29 heavy (non-hydrogen) atoms. The van der Waals surface area contributed by atoms with E-state index in [2.05, 4.69) is 0 Å². The minimum atomic E-state index is -0.487. The van der Waals surface area contributed by atoms with Gasteiger partial charge in [-0.05, 0) is 63.3 Å². The molecule has 1 heterocycles. The van der Waals surface area contributed by atoms with Gasteiger partial charge in [0.05, 0.1) is 23.7 Å². The predicted molar refractivity (Wildman–Crippen MR) is 116 cm³/mol. The molecule has 1 aliphatic heterocycles. The van der Waals surface area contributed by atoms with Crippen molar-refractivity contribution in [3.05, 3.63) is 53.1 Å². The number of esters is 1. The largest absolute Gasteiger partial charge is 0.496 e. The number of benzene rings is 2. The summed E-state index contributed by atoms with van der Waals surface area (Å²) in [5.74, 6) is -0.153. The van der Waals surface area contributed by atoms with E-state index in [1.165, 1.54) is 7.11 Å². The monoisotopic (exact) mass is 412 g/mol. The summed E-state index contributed by atoms with van der Waals surface area (Å²) in [5.41, 5.74) is 2.61. The number of hydrogen-bond donors (Lipinski definition) is 0. The van der Waals surface area contributed by atoms with E-state index in [1.807, 2.05) is 70.2 Å². The summed E-state index contributed by atoms with van der Waals surface area (Å²) in [6.07, 6.45) is 1.68. The van der Waals surface area contributed by atoms with Crippen molar-refractivity contribution in [3.8, 4) is 11.1 Å². The summed E-state index contributed by atoms with van der Waals surface area (Å²) >= 11 is 6.60. The van der Waals surface area contributed by atoms with Crippen molar-refractivity contribution in [3.63, 3.8) is 0 Å². The van der Waals surface area contributed by atoms with E-state index in [-0.39, 0.29) is 5.97 Å². The first-order valence-corrected chi connectivity index (χ1v) is 10.3. The minimum absolute atomic E-state index is 0.153. The molecule has 152 valence electrons. The highest BCUT2D eigenvalue weighted by atomic mass is 35.5. The van der Waals surface area contributed by atoms with E-state index in [9.17, 15) is 4.79 Å². The molecule has 0 spiro atoms. The average molecular weight is 413 g/mol. The van der Waals surface area contributed by atoms with Gasteiger partial charge in [0.2, 0.25) is 0 Å². The van der Waals surface area contributed by atoms with E-state index in [0.717, 1.165) is 35.0 Å². The quantitative estimate of drug-likeness (QED) is 0.547. The van der Waals surface area contributed by atoms with Gasteiger partial charge in [0, 0.05) is 10.5 Å². The van der Waals surface area contributed by atoms with E-state index in [1.54, 1.807) is 0 Å². The van der Waals surface area contributed by atoms with Gasteiger partial charge in [0.1, 0.15) is 0 Å². The molecule has 4 nitrogen and oxygen atoms in total. The van der Waals surface area contributed by atoms with Crippen LogP contribution in [0.2, 0.25) is 5.02 Å². The standard InChI is InChI=1S/C23H26BClO4/c1-21(2)22(3,4)29-24(28-21)18-11-8-16(14-19(18)25)15-6-9-17(10-7-15)23(12-13-23)20(26)27-5/h6-11,14H,12-13H2,1-5H3. The Morgan fingerprint density at radius 3 is 2.00 bits per heavy atom. The zero-order chi connectivity index (χ0) is 21.0. The Hall–Kier alpha value is -1.82. The van der Waals surface area contributed by atoms with E-state index in [4.69, 9.17) is 25.6 Å². The molecule has 0 amide bonds. The normalized spacial score (nSPS) is 21.1. The molecule has 0 N–H and O–H groups in total. The average Bonchev–Trinajstić information content (AvgIpc) is 3.44. The van der Waals surface area contributed by atoms with Gasteiger partial charge in [-0.2, -0.15) is 0 Å². The smallest absolute Gasteiger partial charge is 0.468 e. The predicted octanol–water partition coefficient (Wildman–Crippen LogP) is 4.51. The van der Waals surface area contributed by atoms with Crippen LogP contribution in [0.4, 0.5) is 0 Å². The van der Waals surface area contributed by atoms with Crippen molar-refractivity contribution in [1.29, 1.82) is 0 Å². The number of carbonyl (C=O) groups is 1. The van der Waals surface area contributed by atoms with E-state index >= 15 is 0 Å². The van der Waals surface area contributed by atoms with Crippen LogP contribution in [0.25, 0.3) is 11.1 Å². The molecule has 2 fully saturated rings. The second kappa shape index (κ2) is 6.87. The first kappa shape index (κ1) is 20.5. The molecular formula is C23H26BClO4. The van der Waals surface area contributed by atoms with Crippen LogP contribution in [0.5, 0.6) is 0 Å². The molecular weight excluding hydrogens is 387 g/mol. The third-order valence-electron chi connectivity index (χ3n) is 6.60. The lowest BCUT2D eigenvalue weighted by Crippen LogP contribution is -2.41. The second-order valence-electron chi connectivity index (χ2n) is 8.98. The van der Waals surface area contributed by atoms with Gasteiger partial charge in [-0.1, -0.05) is 48.0 Å². The van der Waals surface area contributed by atoms with Crippen LogP contribution in [0, 0.1) is 0 Å². The van der Waals surface area contributed by atoms with Gasteiger partial charge in [-0.3, -0.25) is 4.79 Å². The first-order chi connectivity index (χ1) is 13.6. The number of carbonyl (C=O) groups excluding carboxylic acids is 1. The third kappa shape index (κ3) is 3.39. The molecule has 0 atom stereocenters. The van der Waals surface area contributed by atoms with Crippen molar-refractivity contribution in [2.45, 2.75) is 57.2 Å². The fourth-order valence-corrected chi connectivity index (χ4v) is 4.05. The molecule has 2 aromatic carbocycles. The van der Waals surface area contributed by atoms with Crippen LogP contribution in [0.1, 0.15) is 46.1 Å². The van der Waals surface area contributed by atoms with Gasteiger partial charge in [0.25, 0.3) is 0 Å². The second-order valence-corrected chi connectivity index (χ2v) is 9.38. The van der Waals surface area contributed by atoms with Gasteiger partial charge in [-0.25, -0.2) is 0 Å². The van der Waals surface area contributed by atoms with E-state index in [0.29, 0.717) is 5.02 Å². The lowest BCUT2D eigenvalue weighted by molar-refractivity contribution is -0.143. The zero-order valence-electron chi connectivity index (χ0n) is 17.5. The third-order valence-corrected chi connectivity index (χ3v) is 6.93. The van der Waals surface area contributed by atoms with Crippen LogP contribution in [-0.2, 0) is 24.3 Å². The molecule has 4 rings (SSSR count). The van der Waals surface area contributed by atoms with Gasteiger partial charge < -0.3 is 14.0 Å². The lowest BCUT2D eigenvalue weighted by Gasteiger charge is -2.32. The maximum absolute atomic E-state index is 12.1. The Bertz CT molecular complexity index is 932. The fourth-order valence-electron chi connectivity index (χ4n) is 3.78. The van der Waals surface area contributed by atoms with Crippen LogP contribution >= 0.6 is 11.6 Å². The Labute approximate surface area is 177 Å². The zero-order valence-corrected chi connectivity index (χ0v) is 18.3. The van der Waals surface area contributed by atoms with Crippen molar-refractivity contribution in [1.82, 2.24) is 0 Å². The molecule has 1 aliphatic carbocycles. The van der Waals surface area contributed by atoms with Crippen LogP contribution < -0.4 is 5.46 Å². The summed E-state index contributed by atoms with van der Waals surface area (Å²) in [7, 11) is 0.957. The summed E-state index contributed by atoms with van der Waals surface area (Å²) in [5, 5.41) is 0.610. The minimum Gasteiger partial charge on any atom is -0.468 e. The van der Waals surface area contributed by atoms with Gasteiger partial charge in [0.15, 0.2) is 0 Å². The molecule has 1 saturated heterocycles. The van der Waals surface area contributed by atoms with Crippen molar-refractivity contribution in [2.75, 3.05) is 7.11 Å². The Morgan fingerprint density at radius 1 is 0.966 bits per heavy atom. The lowest BCUT2D eigenvalue weighted by atomic mass is 9.78. The molecule has 6 heteroatoms. The number of hydrogen-bond acceptors (Lipinski definition) is 4. The molecule has 0 radical (unpaired) electrons. The van der Waals surface area contributed by atoms with Crippen LogP contribution in [-0.4, -0.2) is 31.4 Å². The molecule has 0 unspecified atom stereocenters. The molecule has 1 saturated carbocycles. The topological polar surface area (TPSA) is 44.8 Å². The highest BCUT2D eigenvalue weighted by molar-refractivity contribution is 6.65. The highest BCUT2D eigenvalue weighted by Gasteiger charge is 2.53. The SMILES string of the molecule is COC(=O)C1(c2ccc(-c3ccc(B4OC(C)(C)C(C)(C)O4)c(Cl)c3)cc2)CC1. The molecule has 2 aromatic rings. The van der Waals surface area contributed by atoms with Crippen LogP contribution in [0.15, 0.2) is 42.5 Å². The maximum Gasteiger partial charge on any atom is 0.496 e. The van der Waals surface area contributed by atoms with Crippen LogP contribution in [0.3, 0.4) is 0 Å². The Balaban J connectivity index is 1.57.